The molecule has 5 nitrogen and oxygen atoms in total. The van der Waals surface area contributed by atoms with E-state index in [-0.39, 0.29) is 54.7 Å². The summed E-state index contributed by atoms with van der Waals surface area (Å²) in [6, 6.07) is 13.6. The summed E-state index contributed by atoms with van der Waals surface area (Å²) in [5.74, 6) is 5.75. The Morgan fingerprint density at radius 3 is 2.48 bits per heavy atom. The number of aliphatic hydroxyl groups excluding tert-OH is 1. The minimum absolute atomic E-state index is 0.0247. The molecule has 2 heterocycles. The van der Waals surface area contributed by atoms with Crippen molar-refractivity contribution in [2.45, 2.75) is 43.7 Å². The number of carbonyl (C=O) groups is 2. The molecule has 1 N–H and O–H groups in total. The zero-order chi connectivity index (χ0) is 22.9. The molecule has 33 heavy (non-hydrogen) atoms. The number of nitrogens with zero attached hydrogens (tertiary/aromatic N) is 2. The Balaban J connectivity index is 1.32. The summed E-state index contributed by atoms with van der Waals surface area (Å²) in [4.78, 5) is 29.2. The Morgan fingerprint density at radius 2 is 1.79 bits per heavy atom. The van der Waals surface area contributed by atoms with E-state index in [9.17, 15) is 19.1 Å². The summed E-state index contributed by atoms with van der Waals surface area (Å²) in [7, 11) is 0. The van der Waals surface area contributed by atoms with Gasteiger partial charge < -0.3 is 14.9 Å². The lowest BCUT2D eigenvalue weighted by molar-refractivity contribution is -0.168. The van der Waals surface area contributed by atoms with Gasteiger partial charge in [0, 0.05) is 29.5 Å². The summed E-state index contributed by atoms with van der Waals surface area (Å²) in [6.45, 7) is 0.525. The maximum atomic E-state index is 13.3. The van der Waals surface area contributed by atoms with Gasteiger partial charge in [-0.15, -0.1) is 0 Å². The molecule has 5 rings (SSSR count). The van der Waals surface area contributed by atoms with Crippen LogP contribution in [0, 0.1) is 23.6 Å². The fraction of sp³-hybridized carbons (Fsp3) is 0.407. The highest BCUT2D eigenvalue weighted by Gasteiger charge is 2.54. The summed E-state index contributed by atoms with van der Waals surface area (Å²) >= 11 is 0. The molecule has 3 aliphatic rings. The van der Waals surface area contributed by atoms with Gasteiger partial charge in [0.2, 0.25) is 11.8 Å². The number of hydrogen-bond donors (Lipinski definition) is 1. The third kappa shape index (κ3) is 4.14. The first kappa shape index (κ1) is 21.7. The minimum Gasteiger partial charge on any atom is -0.394 e. The average Bonchev–Trinajstić information content (AvgIpc) is 3.34. The van der Waals surface area contributed by atoms with Crippen molar-refractivity contribution in [3.05, 3.63) is 71.0 Å². The second-order valence-corrected chi connectivity index (χ2v) is 9.23. The first-order chi connectivity index (χ1) is 16.0. The number of benzene rings is 2. The predicted molar refractivity (Wildman–Crippen MR) is 122 cm³/mol. The summed E-state index contributed by atoms with van der Waals surface area (Å²) in [6.07, 6.45) is 3.99. The molecule has 3 fully saturated rings. The van der Waals surface area contributed by atoms with E-state index >= 15 is 0 Å². The van der Waals surface area contributed by atoms with E-state index < -0.39 is 0 Å². The van der Waals surface area contributed by atoms with Gasteiger partial charge in [-0.25, -0.2) is 4.39 Å². The Labute approximate surface area is 193 Å². The van der Waals surface area contributed by atoms with E-state index in [0.717, 1.165) is 36.8 Å². The number of piperazine rings is 1. The number of carbonyl (C=O) groups excluding carboxylic acids is 2. The molecule has 0 aromatic heterocycles. The first-order valence-corrected chi connectivity index (χ1v) is 11.6. The van der Waals surface area contributed by atoms with Gasteiger partial charge in [-0.3, -0.25) is 9.59 Å². The smallest absolute Gasteiger partial charge is 0.242 e. The van der Waals surface area contributed by atoms with Crippen LogP contribution in [-0.4, -0.2) is 58.5 Å². The summed E-state index contributed by atoms with van der Waals surface area (Å²) in [5.41, 5.74) is 2.44. The lowest BCUT2D eigenvalue weighted by Crippen LogP contribution is -2.73. The van der Waals surface area contributed by atoms with Gasteiger partial charge in [-0.05, 0) is 48.7 Å². The number of rotatable bonds is 3. The molecule has 2 saturated heterocycles. The largest absolute Gasteiger partial charge is 0.394 e. The topological polar surface area (TPSA) is 60.9 Å². The SMILES string of the molecule is O=C(C1CCCC1)N1CC(=O)N2[C@H](C1)[C@H](c1ccc(C#Cc3cccc(F)c3)cc1)[C@@H]2CO. The van der Waals surface area contributed by atoms with Gasteiger partial charge in [-0.1, -0.05) is 42.9 Å². The number of hydrogen-bond acceptors (Lipinski definition) is 3. The second kappa shape index (κ2) is 8.99. The van der Waals surface area contributed by atoms with Crippen molar-refractivity contribution in [2.75, 3.05) is 19.7 Å². The molecule has 0 radical (unpaired) electrons. The van der Waals surface area contributed by atoms with Crippen molar-refractivity contribution in [2.24, 2.45) is 5.92 Å². The normalized spacial score (nSPS) is 24.7. The number of aliphatic hydroxyl groups is 1. The fourth-order valence-corrected chi connectivity index (χ4v) is 5.60. The maximum absolute atomic E-state index is 13.3. The summed E-state index contributed by atoms with van der Waals surface area (Å²) in [5, 5.41) is 9.98. The van der Waals surface area contributed by atoms with Crippen molar-refractivity contribution in [3.63, 3.8) is 0 Å². The van der Waals surface area contributed by atoms with Gasteiger partial charge in [-0.2, -0.15) is 0 Å². The molecule has 1 saturated carbocycles. The zero-order valence-corrected chi connectivity index (χ0v) is 18.4. The molecular weight excluding hydrogens is 419 g/mol. The molecule has 2 aliphatic heterocycles. The lowest BCUT2D eigenvalue weighted by Gasteiger charge is -2.59. The molecule has 2 aromatic carbocycles. The molecule has 1 aliphatic carbocycles. The van der Waals surface area contributed by atoms with E-state index in [4.69, 9.17) is 0 Å². The van der Waals surface area contributed by atoms with Gasteiger partial charge in [0.05, 0.1) is 25.2 Å². The van der Waals surface area contributed by atoms with Crippen molar-refractivity contribution in [3.8, 4) is 11.8 Å². The second-order valence-electron chi connectivity index (χ2n) is 9.23. The maximum Gasteiger partial charge on any atom is 0.242 e. The molecule has 3 atom stereocenters. The first-order valence-electron chi connectivity index (χ1n) is 11.6. The molecule has 6 heteroatoms. The Kier molecular flexibility index (Phi) is 5.90. The number of fused-ring (bicyclic) bond motifs is 1. The van der Waals surface area contributed by atoms with E-state index in [2.05, 4.69) is 11.8 Å². The third-order valence-corrected chi connectivity index (χ3v) is 7.24. The predicted octanol–water partition coefficient (Wildman–Crippen LogP) is 2.91. The lowest BCUT2D eigenvalue weighted by atomic mass is 9.73. The van der Waals surface area contributed by atoms with Crippen LogP contribution in [0.2, 0.25) is 0 Å². The highest BCUT2D eigenvalue weighted by molar-refractivity contribution is 5.88. The van der Waals surface area contributed by atoms with Crippen LogP contribution in [0.4, 0.5) is 4.39 Å². The molecule has 170 valence electrons. The molecule has 0 unspecified atom stereocenters. The highest BCUT2D eigenvalue weighted by atomic mass is 19.1. The molecule has 0 bridgehead atoms. The van der Waals surface area contributed by atoms with Gasteiger partial charge >= 0.3 is 0 Å². The van der Waals surface area contributed by atoms with E-state index in [1.165, 1.54) is 12.1 Å². The van der Waals surface area contributed by atoms with Crippen molar-refractivity contribution in [1.82, 2.24) is 9.80 Å². The van der Waals surface area contributed by atoms with Crippen LogP contribution < -0.4 is 0 Å². The zero-order valence-electron chi connectivity index (χ0n) is 18.4. The molecule has 2 aromatic rings. The van der Waals surface area contributed by atoms with Crippen LogP contribution in [0.15, 0.2) is 48.5 Å². The van der Waals surface area contributed by atoms with Gasteiger partial charge in [0.25, 0.3) is 0 Å². The Hall–Kier alpha value is -3.17. The Morgan fingerprint density at radius 1 is 1.06 bits per heavy atom. The number of halogens is 1. The van der Waals surface area contributed by atoms with E-state index in [1.54, 1.807) is 21.9 Å². The van der Waals surface area contributed by atoms with Crippen LogP contribution in [0.25, 0.3) is 0 Å². The van der Waals surface area contributed by atoms with Crippen LogP contribution in [0.3, 0.4) is 0 Å². The van der Waals surface area contributed by atoms with Gasteiger partial charge in [0.1, 0.15) is 5.82 Å². The average molecular weight is 447 g/mol. The molecule has 0 spiro atoms. The highest BCUT2D eigenvalue weighted by Crippen LogP contribution is 2.43. The standard InChI is InChI=1S/C27H27FN2O3/c28-22-7-3-4-19(14-22)9-8-18-10-12-20(13-11-18)26-23-15-29(27(33)21-5-1-2-6-21)16-25(32)30(23)24(26)17-31/h3-4,7,10-14,21,23-24,26,31H,1-2,5-6,15-17H2/t23-,24+,26+/m1/s1. The van der Waals surface area contributed by atoms with Crippen LogP contribution in [-0.2, 0) is 9.59 Å². The number of amides is 2. The quantitative estimate of drug-likeness (QED) is 0.738. The third-order valence-electron chi connectivity index (χ3n) is 7.24. The monoisotopic (exact) mass is 446 g/mol. The van der Waals surface area contributed by atoms with Crippen LogP contribution >= 0.6 is 0 Å². The van der Waals surface area contributed by atoms with Crippen LogP contribution in [0.5, 0.6) is 0 Å². The van der Waals surface area contributed by atoms with Crippen molar-refractivity contribution < 1.29 is 19.1 Å². The Bertz CT molecular complexity index is 1110. The van der Waals surface area contributed by atoms with Gasteiger partial charge in [0.15, 0.2) is 0 Å². The molecule has 2 amide bonds. The fourth-order valence-electron chi connectivity index (χ4n) is 5.60. The van der Waals surface area contributed by atoms with E-state index in [1.807, 2.05) is 24.3 Å². The van der Waals surface area contributed by atoms with Crippen LogP contribution in [0.1, 0.15) is 48.3 Å². The minimum atomic E-state index is -0.316. The van der Waals surface area contributed by atoms with Crippen molar-refractivity contribution >= 4 is 11.8 Å². The van der Waals surface area contributed by atoms with E-state index in [0.29, 0.717) is 12.1 Å². The summed E-state index contributed by atoms with van der Waals surface area (Å²) < 4.78 is 13.3. The molecular formula is C27H27FN2O3. The van der Waals surface area contributed by atoms with Crippen molar-refractivity contribution in [1.29, 1.82) is 0 Å².